The minimum atomic E-state index is -0.226. The fraction of sp³-hybridized carbons (Fsp3) is 0.143. The van der Waals surface area contributed by atoms with Crippen LogP contribution in [0.15, 0.2) is 52.4 Å². The van der Waals surface area contributed by atoms with Crippen molar-refractivity contribution in [2.45, 2.75) is 0 Å². The molecule has 0 spiro atoms. The van der Waals surface area contributed by atoms with Crippen molar-refractivity contribution in [1.29, 1.82) is 0 Å². The fourth-order valence-corrected chi connectivity index (χ4v) is 4.49. The van der Waals surface area contributed by atoms with Crippen LogP contribution < -0.4 is 4.90 Å². The molecule has 1 aromatic carbocycles. The van der Waals surface area contributed by atoms with Crippen LogP contribution in [0.3, 0.4) is 0 Å². The molecule has 1 fully saturated rings. The van der Waals surface area contributed by atoms with E-state index in [4.69, 9.17) is 0 Å². The van der Waals surface area contributed by atoms with Crippen LogP contribution in [0.4, 0.5) is 5.69 Å². The zero-order chi connectivity index (χ0) is 13.2. The van der Waals surface area contributed by atoms with Crippen LogP contribution in [0, 0.1) is 0 Å². The molecule has 3 nitrogen and oxygen atoms in total. The van der Waals surface area contributed by atoms with E-state index in [0.717, 1.165) is 21.4 Å². The highest BCUT2D eigenvalue weighted by atomic mass is 32.2. The van der Waals surface area contributed by atoms with Gasteiger partial charge in [-0.05, 0) is 12.1 Å². The summed E-state index contributed by atoms with van der Waals surface area (Å²) < 4.78 is 0.861. The van der Waals surface area contributed by atoms with E-state index < -0.39 is 0 Å². The van der Waals surface area contributed by atoms with Crippen molar-refractivity contribution in [2.75, 3.05) is 16.4 Å². The van der Waals surface area contributed by atoms with Gasteiger partial charge in [0.15, 0.2) is 5.78 Å². The van der Waals surface area contributed by atoms with Gasteiger partial charge in [-0.2, -0.15) is 0 Å². The highest BCUT2D eigenvalue weighted by Gasteiger charge is 2.31. The van der Waals surface area contributed by atoms with Gasteiger partial charge < -0.3 is 0 Å². The van der Waals surface area contributed by atoms with E-state index in [-0.39, 0.29) is 11.7 Å². The largest absolute Gasteiger partial charge is 0.289 e. The Labute approximate surface area is 119 Å². The molecule has 1 saturated heterocycles. The van der Waals surface area contributed by atoms with Gasteiger partial charge in [0.1, 0.15) is 5.57 Å². The normalized spacial score (nSPS) is 19.5. The number of anilines is 1. The van der Waals surface area contributed by atoms with Crippen LogP contribution in [-0.2, 0) is 9.59 Å². The number of thioether (sulfide) groups is 2. The Bertz CT molecular complexity index is 585. The SMILES string of the molecule is O=C1C=CN(c2ccccc2)C(=O)C1=C1SCCS1. The third-order valence-corrected chi connectivity index (χ3v) is 5.56. The van der Waals surface area contributed by atoms with E-state index in [1.807, 2.05) is 30.3 Å². The molecule has 1 amide bonds. The van der Waals surface area contributed by atoms with Crippen LogP contribution in [0.1, 0.15) is 0 Å². The number of benzene rings is 1. The number of para-hydroxylation sites is 1. The number of nitrogens with zero attached hydrogens (tertiary/aromatic N) is 1. The standard InChI is InChI=1S/C14H11NO2S2/c16-11-6-7-15(10-4-2-1-3-5-10)13(17)12(11)14-18-8-9-19-14/h1-7H,8-9H2. The summed E-state index contributed by atoms with van der Waals surface area (Å²) in [5, 5.41) is 0. The van der Waals surface area contributed by atoms with Gasteiger partial charge in [0.25, 0.3) is 5.91 Å². The molecule has 3 rings (SSSR count). The highest BCUT2D eigenvalue weighted by Crippen LogP contribution is 2.40. The van der Waals surface area contributed by atoms with E-state index in [2.05, 4.69) is 0 Å². The maximum atomic E-state index is 12.5. The van der Waals surface area contributed by atoms with Crippen molar-refractivity contribution >= 4 is 40.9 Å². The molecule has 0 N–H and O–H groups in total. The summed E-state index contributed by atoms with van der Waals surface area (Å²) >= 11 is 3.19. The fourth-order valence-electron chi connectivity index (χ4n) is 1.95. The van der Waals surface area contributed by atoms with Crippen molar-refractivity contribution in [3.63, 3.8) is 0 Å². The van der Waals surface area contributed by atoms with Gasteiger partial charge in [-0.3, -0.25) is 14.5 Å². The molecule has 2 heterocycles. The lowest BCUT2D eigenvalue weighted by atomic mass is 10.1. The lowest BCUT2D eigenvalue weighted by Gasteiger charge is -2.23. The van der Waals surface area contributed by atoms with Gasteiger partial charge in [-0.25, -0.2) is 0 Å². The van der Waals surface area contributed by atoms with Gasteiger partial charge in [-0.15, -0.1) is 23.5 Å². The number of hydrogen-bond acceptors (Lipinski definition) is 4. The molecule has 5 heteroatoms. The minimum absolute atomic E-state index is 0.186. The number of carbonyl (C=O) groups is 2. The lowest BCUT2D eigenvalue weighted by Crippen LogP contribution is -2.33. The van der Waals surface area contributed by atoms with Gasteiger partial charge in [0.05, 0.1) is 4.24 Å². The summed E-state index contributed by atoms with van der Waals surface area (Å²) in [6, 6.07) is 9.36. The molecule has 0 bridgehead atoms. The monoisotopic (exact) mass is 289 g/mol. The first-order valence-corrected chi connectivity index (χ1v) is 7.85. The van der Waals surface area contributed by atoms with Crippen LogP contribution in [0.5, 0.6) is 0 Å². The number of allylic oxidation sites excluding steroid dienone is 1. The molecule has 0 saturated carbocycles. The molecule has 96 valence electrons. The van der Waals surface area contributed by atoms with Gasteiger partial charge in [-0.1, -0.05) is 18.2 Å². The zero-order valence-corrected chi connectivity index (χ0v) is 11.7. The van der Waals surface area contributed by atoms with Crippen LogP contribution >= 0.6 is 23.5 Å². The zero-order valence-electron chi connectivity index (χ0n) is 10.0. The van der Waals surface area contributed by atoms with E-state index in [1.54, 1.807) is 29.7 Å². The Hall–Kier alpha value is -1.46. The average molecular weight is 289 g/mol. The third-order valence-electron chi connectivity index (χ3n) is 2.84. The molecule has 0 aromatic heterocycles. The summed E-state index contributed by atoms with van der Waals surface area (Å²) in [5.74, 6) is 1.50. The summed E-state index contributed by atoms with van der Waals surface area (Å²) in [5.41, 5.74) is 1.10. The van der Waals surface area contributed by atoms with Crippen molar-refractivity contribution in [1.82, 2.24) is 0 Å². The average Bonchev–Trinajstić information content (AvgIpc) is 2.94. The van der Waals surface area contributed by atoms with Crippen LogP contribution in [0.2, 0.25) is 0 Å². The van der Waals surface area contributed by atoms with E-state index in [1.165, 1.54) is 11.0 Å². The Balaban J connectivity index is 2.02. The van der Waals surface area contributed by atoms with Gasteiger partial charge in [0, 0.05) is 29.5 Å². The lowest BCUT2D eigenvalue weighted by molar-refractivity contribution is -0.119. The first kappa shape index (κ1) is 12.6. The third kappa shape index (κ3) is 2.35. The molecule has 0 unspecified atom stereocenters. The highest BCUT2D eigenvalue weighted by molar-refractivity contribution is 8.25. The number of hydrogen-bond donors (Lipinski definition) is 0. The van der Waals surface area contributed by atoms with E-state index >= 15 is 0 Å². The first-order valence-electron chi connectivity index (χ1n) is 5.88. The summed E-state index contributed by atoms with van der Waals surface area (Å²) in [6.07, 6.45) is 3.02. The van der Waals surface area contributed by atoms with Crippen molar-refractivity contribution < 1.29 is 9.59 Å². The molecule has 0 aliphatic carbocycles. The predicted molar refractivity (Wildman–Crippen MR) is 80.0 cm³/mol. The van der Waals surface area contributed by atoms with Crippen molar-refractivity contribution in [2.24, 2.45) is 0 Å². The van der Waals surface area contributed by atoms with Gasteiger partial charge in [0.2, 0.25) is 0 Å². The predicted octanol–water partition coefficient (Wildman–Crippen LogP) is 2.81. The second-order valence-corrected chi connectivity index (χ2v) is 6.52. The van der Waals surface area contributed by atoms with Gasteiger partial charge >= 0.3 is 0 Å². The number of ketones is 1. The first-order chi connectivity index (χ1) is 9.27. The van der Waals surface area contributed by atoms with Crippen molar-refractivity contribution in [3.05, 3.63) is 52.4 Å². The van der Waals surface area contributed by atoms with E-state index in [9.17, 15) is 9.59 Å². The van der Waals surface area contributed by atoms with Crippen LogP contribution in [-0.4, -0.2) is 23.2 Å². The maximum Gasteiger partial charge on any atom is 0.268 e. The summed E-state index contributed by atoms with van der Waals surface area (Å²) in [4.78, 5) is 26.0. The molecule has 19 heavy (non-hydrogen) atoms. The number of carbonyl (C=O) groups excluding carboxylic acids is 2. The summed E-state index contributed by atoms with van der Waals surface area (Å²) in [7, 11) is 0. The Morgan fingerprint density at radius 1 is 1.00 bits per heavy atom. The minimum Gasteiger partial charge on any atom is -0.289 e. The smallest absolute Gasteiger partial charge is 0.268 e. The summed E-state index contributed by atoms with van der Waals surface area (Å²) in [6.45, 7) is 0. The molecule has 0 radical (unpaired) electrons. The van der Waals surface area contributed by atoms with Crippen molar-refractivity contribution in [3.8, 4) is 0 Å². The molecule has 0 atom stereocenters. The topological polar surface area (TPSA) is 37.4 Å². The molecule has 2 aliphatic rings. The second kappa shape index (κ2) is 5.27. The Kier molecular flexibility index (Phi) is 3.48. The Morgan fingerprint density at radius 3 is 2.37 bits per heavy atom. The maximum absolute atomic E-state index is 12.5. The number of amides is 1. The molecular weight excluding hydrogens is 278 g/mol. The second-order valence-electron chi connectivity index (χ2n) is 4.05. The molecule has 2 aliphatic heterocycles. The molecular formula is C14H11NO2S2. The van der Waals surface area contributed by atoms with E-state index in [0.29, 0.717) is 5.57 Å². The van der Waals surface area contributed by atoms with Crippen LogP contribution in [0.25, 0.3) is 0 Å². The quantitative estimate of drug-likeness (QED) is 0.588. The molecule has 1 aromatic rings. The Morgan fingerprint density at radius 2 is 1.68 bits per heavy atom. The number of rotatable bonds is 1.